The summed E-state index contributed by atoms with van der Waals surface area (Å²) in [6.07, 6.45) is 0. The number of imide groups is 1. The van der Waals surface area contributed by atoms with Gasteiger partial charge in [0.1, 0.15) is 12.1 Å². The Bertz CT molecular complexity index is 1270. The molecule has 7 heteroatoms. The van der Waals surface area contributed by atoms with Gasteiger partial charge in [0.05, 0.1) is 0 Å². The molecule has 1 atom stereocenters. The Kier molecular flexibility index (Phi) is 7.34. The van der Waals surface area contributed by atoms with Gasteiger partial charge in [-0.15, -0.1) is 0 Å². The molecule has 0 aromatic heterocycles. The SMILES string of the molecule is CC(C)c1ccc(C2(C)NC(=O)N(CC(=O)N(c3ccc(Nc4ccccc4)cc3)C(C)C)C2=O)cc1. The molecule has 1 aliphatic heterocycles. The average molecular weight is 499 g/mol. The average Bonchev–Trinajstić information content (AvgIpc) is 3.09. The second-order valence-corrected chi connectivity index (χ2v) is 10.1. The number of amides is 4. The third-order valence-electron chi connectivity index (χ3n) is 6.72. The summed E-state index contributed by atoms with van der Waals surface area (Å²) in [5, 5.41) is 6.12. The number of anilines is 3. The number of carbonyl (C=O) groups is 3. The molecule has 7 nitrogen and oxygen atoms in total. The van der Waals surface area contributed by atoms with E-state index in [0.717, 1.165) is 21.8 Å². The van der Waals surface area contributed by atoms with E-state index in [-0.39, 0.29) is 18.5 Å². The van der Waals surface area contributed by atoms with E-state index in [4.69, 9.17) is 0 Å². The van der Waals surface area contributed by atoms with Crippen LogP contribution in [0.15, 0.2) is 78.9 Å². The molecule has 4 rings (SSSR count). The van der Waals surface area contributed by atoms with Crippen molar-refractivity contribution in [1.82, 2.24) is 10.2 Å². The van der Waals surface area contributed by atoms with Crippen LogP contribution in [-0.2, 0) is 15.1 Å². The molecule has 2 N–H and O–H groups in total. The highest BCUT2D eigenvalue weighted by atomic mass is 16.2. The molecular formula is C30H34N4O3. The smallest absolute Gasteiger partial charge is 0.325 e. The molecule has 4 amide bonds. The Hall–Kier alpha value is -4.13. The highest BCUT2D eigenvalue weighted by Crippen LogP contribution is 2.30. The Morgan fingerprint density at radius 2 is 1.49 bits per heavy atom. The van der Waals surface area contributed by atoms with Gasteiger partial charge in [-0.1, -0.05) is 56.3 Å². The lowest BCUT2D eigenvalue weighted by molar-refractivity contribution is -0.134. The zero-order chi connectivity index (χ0) is 26.7. The quantitative estimate of drug-likeness (QED) is 0.387. The number of urea groups is 1. The summed E-state index contributed by atoms with van der Waals surface area (Å²) in [5.74, 6) is -0.411. The molecule has 0 bridgehead atoms. The molecule has 1 heterocycles. The number of benzene rings is 3. The first-order valence-corrected chi connectivity index (χ1v) is 12.6. The number of para-hydroxylation sites is 1. The van der Waals surface area contributed by atoms with Crippen molar-refractivity contribution in [1.29, 1.82) is 0 Å². The van der Waals surface area contributed by atoms with Crippen LogP contribution in [0, 0.1) is 0 Å². The monoisotopic (exact) mass is 498 g/mol. The van der Waals surface area contributed by atoms with E-state index < -0.39 is 17.5 Å². The maximum Gasteiger partial charge on any atom is 0.325 e. The summed E-state index contributed by atoms with van der Waals surface area (Å²) in [7, 11) is 0. The lowest BCUT2D eigenvalue weighted by Crippen LogP contribution is -2.46. The molecule has 0 aliphatic carbocycles. The number of hydrogen-bond donors (Lipinski definition) is 2. The molecule has 37 heavy (non-hydrogen) atoms. The zero-order valence-corrected chi connectivity index (χ0v) is 22.0. The van der Waals surface area contributed by atoms with Gasteiger partial charge in [-0.3, -0.25) is 14.5 Å². The minimum absolute atomic E-state index is 0.170. The summed E-state index contributed by atoms with van der Waals surface area (Å²) >= 11 is 0. The van der Waals surface area contributed by atoms with Crippen molar-refractivity contribution in [2.45, 2.75) is 52.1 Å². The first kappa shape index (κ1) is 25.9. The van der Waals surface area contributed by atoms with E-state index in [9.17, 15) is 14.4 Å². The van der Waals surface area contributed by atoms with E-state index in [1.54, 1.807) is 11.8 Å². The van der Waals surface area contributed by atoms with Gasteiger partial charge in [-0.2, -0.15) is 0 Å². The highest BCUT2D eigenvalue weighted by Gasteiger charge is 2.49. The van der Waals surface area contributed by atoms with Gasteiger partial charge in [-0.05, 0) is 74.2 Å². The van der Waals surface area contributed by atoms with Crippen LogP contribution in [0.4, 0.5) is 21.9 Å². The number of nitrogens with one attached hydrogen (secondary N) is 2. The highest BCUT2D eigenvalue weighted by molar-refractivity contribution is 6.10. The molecule has 3 aromatic rings. The standard InChI is InChI=1S/C30H34N4O3/c1-20(2)22-11-13-23(14-12-22)30(5)28(36)33(29(37)32-30)19-27(35)34(21(3)4)26-17-15-25(16-18-26)31-24-9-7-6-8-10-24/h6-18,20-21,31H,19H2,1-5H3,(H,32,37). The Labute approximate surface area is 218 Å². The van der Waals surface area contributed by atoms with Gasteiger partial charge in [-0.25, -0.2) is 4.79 Å². The van der Waals surface area contributed by atoms with Crippen LogP contribution < -0.4 is 15.5 Å². The molecule has 1 fully saturated rings. The van der Waals surface area contributed by atoms with Crippen molar-refractivity contribution in [2.75, 3.05) is 16.8 Å². The van der Waals surface area contributed by atoms with E-state index >= 15 is 0 Å². The number of hydrogen-bond acceptors (Lipinski definition) is 4. The maximum atomic E-state index is 13.4. The summed E-state index contributed by atoms with van der Waals surface area (Å²) < 4.78 is 0. The van der Waals surface area contributed by atoms with Crippen LogP contribution in [0.1, 0.15) is 51.7 Å². The van der Waals surface area contributed by atoms with Crippen LogP contribution in [0.25, 0.3) is 0 Å². The lowest BCUT2D eigenvalue weighted by atomic mass is 9.90. The van der Waals surface area contributed by atoms with Crippen molar-refractivity contribution in [2.24, 2.45) is 0 Å². The predicted molar refractivity (Wildman–Crippen MR) is 147 cm³/mol. The normalized spacial score (nSPS) is 17.3. The van der Waals surface area contributed by atoms with E-state index in [0.29, 0.717) is 17.2 Å². The summed E-state index contributed by atoms with van der Waals surface area (Å²) in [5.41, 5.74) is 3.16. The van der Waals surface area contributed by atoms with Gasteiger partial charge < -0.3 is 15.5 Å². The fraction of sp³-hybridized carbons (Fsp3) is 0.300. The Morgan fingerprint density at radius 1 is 0.892 bits per heavy atom. The van der Waals surface area contributed by atoms with Crippen LogP contribution in [0.3, 0.4) is 0 Å². The summed E-state index contributed by atoms with van der Waals surface area (Å²) in [4.78, 5) is 42.3. The van der Waals surface area contributed by atoms with Gasteiger partial charge >= 0.3 is 6.03 Å². The van der Waals surface area contributed by atoms with Gasteiger partial charge in [0, 0.05) is 23.1 Å². The molecule has 3 aromatic carbocycles. The topological polar surface area (TPSA) is 81.8 Å². The van der Waals surface area contributed by atoms with E-state index in [1.807, 2.05) is 92.7 Å². The number of carbonyl (C=O) groups excluding carboxylic acids is 3. The molecular weight excluding hydrogens is 464 g/mol. The van der Waals surface area contributed by atoms with Crippen molar-refractivity contribution >= 4 is 34.9 Å². The predicted octanol–water partition coefficient (Wildman–Crippen LogP) is 5.76. The minimum Gasteiger partial charge on any atom is -0.356 e. The molecule has 0 saturated carbocycles. The first-order valence-electron chi connectivity index (χ1n) is 12.6. The van der Waals surface area contributed by atoms with Crippen molar-refractivity contribution < 1.29 is 14.4 Å². The van der Waals surface area contributed by atoms with Gasteiger partial charge in [0.15, 0.2) is 0 Å². The fourth-order valence-electron chi connectivity index (χ4n) is 4.57. The molecule has 1 saturated heterocycles. The largest absolute Gasteiger partial charge is 0.356 e. The number of rotatable bonds is 8. The maximum absolute atomic E-state index is 13.4. The minimum atomic E-state index is -1.22. The second kappa shape index (κ2) is 10.5. The summed E-state index contributed by atoms with van der Waals surface area (Å²) in [6.45, 7) is 9.34. The molecule has 1 unspecified atom stereocenters. The molecule has 0 spiro atoms. The van der Waals surface area contributed by atoms with Crippen LogP contribution >= 0.6 is 0 Å². The van der Waals surface area contributed by atoms with Gasteiger partial charge in [0.2, 0.25) is 5.91 Å². The van der Waals surface area contributed by atoms with Crippen LogP contribution in [0.5, 0.6) is 0 Å². The van der Waals surface area contributed by atoms with Crippen LogP contribution in [0.2, 0.25) is 0 Å². The third-order valence-corrected chi connectivity index (χ3v) is 6.72. The summed E-state index contributed by atoms with van der Waals surface area (Å²) in [6, 6.07) is 24.3. The fourth-order valence-corrected chi connectivity index (χ4v) is 4.57. The Balaban J connectivity index is 1.49. The zero-order valence-electron chi connectivity index (χ0n) is 22.0. The van der Waals surface area contributed by atoms with Crippen molar-refractivity contribution in [3.05, 3.63) is 90.0 Å². The third kappa shape index (κ3) is 5.35. The van der Waals surface area contributed by atoms with Crippen molar-refractivity contribution in [3.8, 4) is 0 Å². The molecule has 192 valence electrons. The molecule has 0 radical (unpaired) electrons. The van der Waals surface area contributed by atoms with Crippen LogP contribution in [-0.4, -0.2) is 35.3 Å². The Morgan fingerprint density at radius 3 is 2.05 bits per heavy atom. The van der Waals surface area contributed by atoms with E-state index in [1.165, 1.54) is 0 Å². The second-order valence-electron chi connectivity index (χ2n) is 10.1. The number of nitrogens with zero attached hydrogens (tertiary/aromatic N) is 2. The van der Waals surface area contributed by atoms with Crippen molar-refractivity contribution in [3.63, 3.8) is 0 Å². The van der Waals surface area contributed by atoms with Gasteiger partial charge in [0.25, 0.3) is 5.91 Å². The first-order chi connectivity index (χ1) is 17.6. The van der Waals surface area contributed by atoms with E-state index in [2.05, 4.69) is 24.5 Å². The lowest BCUT2D eigenvalue weighted by Gasteiger charge is -2.29. The molecule has 1 aliphatic rings.